The van der Waals surface area contributed by atoms with Crippen molar-refractivity contribution in [1.82, 2.24) is 0 Å². The largest absolute Gasteiger partial charge is 0.480 e. The van der Waals surface area contributed by atoms with Gasteiger partial charge in [0.1, 0.15) is 17.5 Å². The molecule has 0 bridgehead atoms. The maximum atomic E-state index is 11.8. The highest BCUT2D eigenvalue weighted by atomic mass is 16.5. The lowest BCUT2D eigenvalue weighted by atomic mass is 9.86. The molecule has 0 aliphatic rings. The molecule has 0 spiro atoms. The minimum absolute atomic E-state index is 0.272. The molecule has 0 saturated heterocycles. The number of hydrogen-bond acceptors (Lipinski definition) is 4. The number of hydrogen-bond donors (Lipinski definition) is 2. The summed E-state index contributed by atoms with van der Waals surface area (Å²) in [6.45, 7) is 1.85. The fourth-order valence-electron chi connectivity index (χ4n) is 3.35. The first kappa shape index (κ1) is 20.9. The van der Waals surface area contributed by atoms with E-state index in [4.69, 9.17) is 4.74 Å². The van der Waals surface area contributed by atoms with Gasteiger partial charge >= 0.3 is 5.97 Å². The summed E-state index contributed by atoms with van der Waals surface area (Å²) in [7, 11) is 0. The first-order chi connectivity index (χ1) is 14.6. The molecule has 0 heterocycles. The highest BCUT2D eigenvalue weighted by molar-refractivity contribution is 5.77. The Bertz CT molecular complexity index is 1000. The normalized spacial score (nSPS) is 13.5. The van der Waals surface area contributed by atoms with Crippen molar-refractivity contribution in [3.63, 3.8) is 0 Å². The third-order valence-corrected chi connectivity index (χ3v) is 4.93. The number of carbonyl (C=O) groups is 1. The van der Waals surface area contributed by atoms with Gasteiger partial charge in [-0.15, -0.1) is 0 Å². The standard InChI is InChI=1S/C25H24N2O3/c1-18(24(25(28)29)27-21-10-4-2-5-11-21)15-20(17-26)19-9-8-14-23(16-19)30-22-12-6-3-7-13-22/h2-14,16,18,20,24,27H,15H2,1H3,(H,28,29). The first-order valence-electron chi connectivity index (χ1n) is 9.83. The molecule has 5 nitrogen and oxygen atoms in total. The van der Waals surface area contributed by atoms with Gasteiger partial charge in [-0.2, -0.15) is 5.26 Å². The minimum Gasteiger partial charge on any atom is -0.480 e. The van der Waals surface area contributed by atoms with Gasteiger partial charge in [0.05, 0.1) is 12.0 Å². The van der Waals surface area contributed by atoms with Crippen molar-refractivity contribution in [2.45, 2.75) is 25.3 Å². The quantitative estimate of drug-likeness (QED) is 0.483. The molecule has 0 aliphatic heterocycles. The molecule has 0 saturated carbocycles. The SMILES string of the molecule is CC(CC(C#N)c1cccc(Oc2ccccc2)c1)C(Nc1ccccc1)C(=O)O. The van der Waals surface area contributed by atoms with E-state index in [9.17, 15) is 15.2 Å². The molecule has 3 unspecified atom stereocenters. The van der Waals surface area contributed by atoms with E-state index in [-0.39, 0.29) is 5.92 Å². The van der Waals surface area contributed by atoms with E-state index < -0.39 is 17.9 Å². The van der Waals surface area contributed by atoms with Crippen LogP contribution in [0.15, 0.2) is 84.9 Å². The van der Waals surface area contributed by atoms with Gasteiger partial charge < -0.3 is 15.2 Å². The summed E-state index contributed by atoms with van der Waals surface area (Å²) in [4.78, 5) is 11.8. The predicted octanol–water partition coefficient (Wildman–Crippen LogP) is 5.68. The number of ether oxygens (including phenoxy) is 1. The molecule has 5 heteroatoms. The van der Waals surface area contributed by atoms with Crippen molar-refractivity contribution in [2.75, 3.05) is 5.32 Å². The van der Waals surface area contributed by atoms with Crippen LogP contribution < -0.4 is 10.1 Å². The fourth-order valence-corrected chi connectivity index (χ4v) is 3.35. The molecule has 30 heavy (non-hydrogen) atoms. The third-order valence-electron chi connectivity index (χ3n) is 4.93. The molecule has 152 valence electrons. The van der Waals surface area contributed by atoms with Crippen LogP contribution in [0, 0.1) is 17.2 Å². The molecule has 3 atom stereocenters. The first-order valence-corrected chi connectivity index (χ1v) is 9.83. The lowest BCUT2D eigenvalue weighted by Crippen LogP contribution is -2.36. The second kappa shape index (κ2) is 10.1. The van der Waals surface area contributed by atoms with Gasteiger partial charge in [-0.3, -0.25) is 0 Å². The predicted molar refractivity (Wildman–Crippen MR) is 117 cm³/mol. The van der Waals surface area contributed by atoms with Crippen LogP contribution in [-0.4, -0.2) is 17.1 Å². The van der Waals surface area contributed by atoms with Crippen LogP contribution in [0.5, 0.6) is 11.5 Å². The number of carboxylic acids is 1. The highest BCUT2D eigenvalue weighted by Crippen LogP contribution is 2.30. The van der Waals surface area contributed by atoms with Crippen molar-refractivity contribution in [1.29, 1.82) is 5.26 Å². The molecular weight excluding hydrogens is 376 g/mol. The number of anilines is 1. The van der Waals surface area contributed by atoms with E-state index in [0.29, 0.717) is 12.2 Å². The summed E-state index contributed by atoms with van der Waals surface area (Å²) in [5.41, 5.74) is 1.55. The molecule has 3 rings (SSSR count). The Kier molecular flexibility index (Phi) is 7.07. The minimum atomic E-state index is -0.941. The lowest BCUT2D eigenvalue weighted by Gasteiger charge is -2.24. The zero-order valence-corrected chi connectivity index (χ0v) is 16.7. The van der Waals surface area contributed by atoms with Crippen LogP contribution in [-0.2, 0) is 4.79 Å². The molecular formula is C25H24N2O3. The second-order valence-corrected chi connectivity index (χ2v) is 7.21. The summed E-state index contributed by atoms with van der Waals surface area (Å²) in [5, 5.41) is 22.5. The van der Waals surface area contributed by atoms with Crippen molar-refractivity contribution >= 4 is 11.7 Å². The maximum absolute atomic E-state index is 11.8. The molecule has 0 radical (unpaired) electrons. The summed E-state index contributed by atoms with van der Waals surface area (Å²) in [5.74, 6) is -0.299. The second-order valence-electron chi connectivity index (χ2n) is 7.21. The van der Waals surface area contributed by atoms with Gasteiger partial charge in [-0.05, 0) is 54.3 Å². The van der Waals surface area contributed by atoms with Gasteiger partial charge in [0.2, 0.25) is 0 Å². The number of benzene rings is 3. The van der Waals surface area contributed by atoms with E-state index in [1.165, 1.54) is 0 Å². The van der Waals surface area contributed by atoms with Crippen LogP contribution >= 0.6 is 0 Å². The average molecular weight is 400 g/mol. The highest BCUT2D eigenvalue weighted by Gasteiger charge is 2.28. The number of rotatable bonds is 9. The smallest absolute Gasteiger partial charge is 0.326 e. The maximum Gasteiger partial charge on any atom is 0.326 e. The summed E-state index contributed by atoms with van der Waals surface area (Å²) in [6, 6.07) is 27.6. The summed E-state index contributed by atoms with van der Waals surface area (Å²) < 4.78 is 5.87. The fraction of sp³-hybridized carbons (Fsp3) is 0.200. The van der Waals surface area contributed by atoms with Crippen molar-refractivity contribution in [2.24, 2.45) is 5.92 Å². The van der Waals surface area contributed by atoms with Gasteiger partial charge in [-0.25, -0.2) is 4.79 Å². The Labute approximate surface area is 176 Å². The lowest BCUT2D eigenvalue weighted by molar-refractivity contribution is -0.139. The molecule has 0 aliphatic carbocycles. The number of nitrogens with one attached hydrogen (secondary N) is 1. The Balaban J connectivity index is 1.73. The van der Waals surface area contributed by atoms with Crippen LogP contribution in [0.25, 0.3) is 0 Å². The van der Waals surface area contributed by atoms with E-state index >= 15 is 0 Å². The average Bonchev–Trinajstić information content (AvgIpc) is 2.77. The number of carboxylic acid groups (broad SMARTS) is 1. The van der Waals surface area contributed by atoms with E-state index in [2.05, 4.69) is 11.4 Å². The molecule has 0 fully saturated rings. The van der Waals surface area contributed by atoms with Crippen LogP contribution in [0.1, 0.15) is 24.8 Å². The Morgan fingerprint density at radius 1 is 1.00 bits per heavy atom. The van der Waals surface area contributed by atoms with Crippen LogP contribution in [0.3, 0.4) is 0 Å². The van der Waals surface area contributed by atoms with E-state index in [1.54, 1.807) is 0 Å². The van der Waals surface area contributed by atoms with E-state index in [1.807, 2.05) is 91.9 Å². The van der Waals surface area contributed by atoms with Crippen molar-refractivity contribution in [3.05, 3.63) is 90.5 Å². The zero-order chi connectivity index (χ0) is 21.3. The van der Waals surface area contributed by atoms with Gasteiger partial charge in [0.25, 0.3) is 0 Å². The van der Waals surface area contributed by atoms with Gasteiger partial charge in [0, 0.05) is 5.69 Å². The number of para-hydroxylation sites is 2. The summed E-state index contributed by atoms with van der Waals surface area (Å²) >= 11 is 0. The molecule has 0 aromatic heterocycles. The zero-order valence-electron chi connectivity index (χ0n) is 16.7. The van der Waals surface area contributed by atoms with Gasteiger partial charge in [0.15, 0.2) is 0 Å². The van der Waals surface area contributed by atoms with E-state index in [0.717, 1.165) is 17.0 Å². The van der Waals surface area contributed by atoms with Crippen molar-refractivity contribution in [3.8, 4) is 17.6 Å². The van der Waals surface area contributed by atoms with Crippen LogP contribution in [0.2, 0.25) is 0 Å². The molecule has 2 N–H and O–H groups in total. The Morgan fingerprint density at radius 2 is 1.63 bits per heavy atom. The number of nitriles is 1. The monoisotopic (exact) mass is 400 g/mol. The summed E-state index contributed by atoms with van der Waals surface area (Å²) in [6.07, 6.45) is 0.405. The molecule has 0 amide bonds. The van der Waals surface area contributed by atoms with Crippen molar-refractivity contribution < 1.29 is 14.6 Å². The number of nitrogens with zero attached hydrogens (tertiary/aromatic N) is 1. The molecule has 3 aromatic carbocycles. The Morgan fingerprint density at radius 3 is 2.27 bits per heavy atom. The topological polar surface area (TPSA) is 82.3 Å². The van der Waals surface area contributed by atoms with Crippen LogP contribution in [0.4, 0.5) is 5.69 Å². The number of aliphatic carboxylic acids is 1. The van der Waals surface area contributed by atoms with Gasteiger partial charge in [-0.1, -0.05) is 55.5 Å². The molecule has 3 aromatic rings. The Hall–Kier alpha value is -3.78. The third kappa shape index (κ3) is 5.62.